The predicted molar refractivity (Wildman–Crippen MR) is 80.3 cm³/mol. The van der Waals surface area contributed by atoms with E-state index in [9.17, 15) is 4.79 Å². The summed E-state index contributed by atoms with van der Waals surface area (Å²) in [6, 6.07) is 6.87. The molecule has 1 aromatic carbocycles. The highest BCUT2D eigenvalue weighted by atomic mass is 16.5. The summed E-state index contributed by atoms with van der Waals surface area (Å²) in [5.74, 6) is 1.26. The molecule has 21 heavy (non-hydrogen) atoms. The van der Waals surface area contributed by atoms with E-state index in [1.54, 1.807) is 25.1 Å². The number of methoxy groups -OCH3 is 1. The fourth-order valence-corrected chi connectivity index (χ4v) is 1.71. The molecular weight excluding hydrogens is 268 g/mol. The van der Waals surface area contributed by atoms with Crippen LogP contribution in [0.15, 0.2) is 18.2 Å². The van der Waals surface area contributed by atoms with Crippen LogP contribution in [0.3, 0.4) is 0 Å². The Hall–Kier alpha value is -2.22. The minimum absolute atomic E-state index is 0.165. The zero-order valence-corrected chi connectivity index (χ0v) is 13.0. The van der Waals surface area contributed by atoms with E-state index in [1.807, 2.05) is 6.07 Å². The summed E-state index contributed by atoms with van der Waals surface area (Å²) in [6.07, 6.45) is 0.303. The summed E-state index contributed by atoms with van der Waals surface area (Å²) in [7, 11) is 1.50. The zero-order valence-electron chi connectivity index (χ0n) is 13.0. The molecule has 1 rings (SSSR count). The van der Waals surface area contributed by atoms with Crippen LogP contribution in [0, 0.1) is 17.2 Å². The van der Waals surface area contributed by atoms with E-state index in [4.69, 9.17) is 14.7 Å². The third-order valence-corrected chi connectivity index (χ3v) is 2.99. The van der Waals surface area contributed by atoms with E-state index >= 15 is 0 Å². The van der Waals surface area contributed by atoms with Gasteiger partial charge >= 0.3 is 0 Å². The van der Waals surface area contributed by atoms with E-state index in [2.05, 4.69) is 19.2 Å². The van der Waals surface area contributed by atoms with Crippen LogP contribution in [0.4, 0.5) is 0 Å². The van der Waals surface area contributed by atoms with Gasteiger partial charge in [0, 0.05) is 12.6 Å². The van der Waals surface area contributed by atoms with Crippen molar-refractivity contribution in [3.63, 3.8) is 0 Å². The average Bonchev–Trinajstić information content (AvgIpc) is 2.46. The smallest absolute Gasteiger partial charge is 0.260 e. The molecule has 0 aliphatic carbocycles. The van der Waals surface area contributed by atoms with Gasteiger partial charge in [-0.3, -0.25) is 4.79 Å². The highest BCUT2D eigenvalue weighted by molar-refractivity contribution is 5.80. The van der Waals surface area contributed by atoms with Crippen molar-refractivity contribution < 1.29 is 14.3 Å². The van der Waals surface area contributed by atoms with Crippen LogP contribution in [0.1, 0.15) is 32.8 Å². The minimum Gasteiger partial charge on any atom is -0.493 e. The largest absolute Gasteiger partial charge is 0.493 e. The van der Waals surface area contributed by atoms with Gasteiger partial charge < -0.3 is 14.8 Å². The number of nitrogens with one attached hydrogen (secondary N) is 1. The Labute approximate surface area is 125 Å². The van der Waals surface area contributed by atoms with Gasteiger partial charge in [-0.1, -0.05) is 13.8 Å². The molecule has 1 N–H and O–H groups in total. The number of hydrogen-bond acceptors (Lipinski definition) is 4. The first-order valence-electron chi connectivity index (χ1n) is 7.00. The molecule has 0 heterocycles. The van der Waals surface area contributed by atoms with Crippen LogP contribution >= 0.6 is 0 Å². The van der Waals surface area contributed by atoms with Crippen molar-refractivity contribution in [1.82, 2.24) is 5.32 Å². The number of carbonyl (C=O) groups is 1. The predicted octanol–water partition coefficient (Wildman–Crippen LogP) is 2.50. The molecule has 0 aromatic heterocycles. The standard InChI is InChI=1S/C16H22N2O3/c1-11(2)7-8-18-16(19)12(3)21-14-6-5-13(10-17)9-15(14)20-4/h5-6,9,11-12H,7-8H2,1-4H3,(H,18,19). The molecule has 5 nitrogen and oxygen atoms in total. The van der Waals surface area contributed by atoms with Crippen LogP contribution in [0.25, 0.3) is 0 Å². The maximum absolute atomic E-state index is 11.9. The van der Waals surface area contributed by atoms with E-state index in [1.165, 1.54) is 7.11 Å². The van der Waals surface area contributed by atoms with E-state index in [-0.39, 0.29) is 5.91 Å². The number of amides is 1. The van der Waals surface area contributed by atoms with Crippen LogP contribution in [0.5, 0.6) is 11.5 Å². The van der Waals surface area contributed by atoms with Crippen molar-refractivity contribution in [2.24, 2.45) is 5.92 Å². The number of hydrogen-bond donors (Lipinski definition) is 1. The third-order valence-electron chi connectivity index (χ3n) is 2.99. The zero-order chi connectivity index (χ0) is 15.8. The maximum atomic E-state index is 11.9. The van der Waals surface area contributed by atoms with Gasteiger partial charge in [0.05, 0.1) is 18.7 Å². The summed E-state index contributed by atoms with van der Waals surface area (Å²) in [5, 5.41) is 11.7. The molecule has 0 radical (unpaired) electrons. The Balaban J connectivity index is 2.63. The SMILES string of the molecule is COc1cc(C#N)ccc1OC(C)C(=O)NCCC(C)C. The molecule has 5 heteroatoms. The summed E-state index contributed by atoms with van der Waals surface area (Å²) in [6.45, 7) is 6.53. The van der Waals surface area contributed by atoms with Gasteiger partial charge in [0.2, 0.25) is 0 Å². The Morgan fingerprint density at radius 3 is 2.62 bits per heavy atom. The third kappa shape index (κ3) is 5.35. The molecule has 0 aliphatic heterocycles. The van der Waals surface area contributed by atoms with Gasteiger partial charge in [0.1, 0.15) is 0 Å². The highest BCUT2D eigenvalue weighted by Crippen LogP contribution is 2.28. The topological polar surface area (TPSA) is 71.3 Å². The molecule has 0 saturated carbocycles. The molecule has 0 fully saturated rings. The van der Waals surface area contributed by atoms with Crippen LogP contribution in [-0.2, 0) is 4.79 Å². The van der Waals surface area contributed by atoms with Gasteiger partial charge in [0.25, 0.3) is 5.91 Å². The van der Waals surface area contributed by atoms with Crippen molar-refractivity contribution in [3.8, 4) is 17.6 Å². The number of nitrogens with zero attached hydrogens (tertiary/aromatic N) is 1. The Kier molecular flexibility index (Phi) is 6.54. The van der Waals surface area contributed by atoms with Gasteiger partial charge in [-0.2, -0.15) is 5.26 Å². The Morgan fingerprint density at radius 2 is 2.05 bits per heavy atom. The first-order valence-corrected chi connectivity index (χ1v) is 7.00. The molecule has 0 spiro atoms. The molecule has 114 valence electrons. The first-order chi connectivity index (χ1) is 9.97. The fourth-order valence-electron chi connectivity index (χ4n) is 1.71. The minimum atomic E-state index is -0.626. The molecular formula is C16H22N2O3. The van der Waals surface area contributed by atoms with Crippen molar-refractivity contribution in [2.45, 2.75) is 33.3 Å². The summed E-state index contributed by atoms with van der Waals surface area (Å²) < 4.78 is 10.8. The monoisotopic (exact) mass is 290 g/mol. The van der Waals surface area contributed by atoms with Crippen molar-refractivity contribution >= 4 is 5.91 Å². The summed E-state index contributed by atoms with van der Waals surface area (Å²) >= 11 is 0. The van der Waals surface area contributed by atoms with E-state index in [0.29, 0.717) is 29.5 Å². The Morgan fingerprint density at radius 1 is 1.33 bits per heavy atom. The van der Waals surface area contributed by atoms with Crippen molar-refractivity contribution in [1.29, 1.82) is 5.26 Å². The quantitative estimate of drug-likeness (QED) is 0.837. The molecule has 1 aromatic rings. The molecule has 0 bridgehead atoms. The second kappa shape index (κ2) is 8.15. The second-order valence-corrected chi connectivity index (χ2v) is 5.21. The van der Waals surface area contributed by atoms with Crippen LogP contribution in [0.2, 0.25) is 0 Å². The lowest BCUT2D eigenvalue weighted by Crippen LogP contribution is -2.37. The molecule has 0 aliphatic rings. The number of carbonyl (C=O) groups excluding carboxylic acids is 1. The second-order valence-electron chi connectivity index (χ2n) is 5.21. The number of ether oxygens (including phenoxy) is 2. The summed E-state index contributed by atoms with van der Waals surface area (Å²) in [4.78, 5) is 11.9. The van der Waals surface area contributed by atoms with Gasteiger partial charge in [-0.15, -0.1) is 0 Å². The number of nitriles is 1. The summed E-state index contributed by atoms with van der Waals surface area (Å²) in [5.41, 5.74) is 0.480. The molecule has 1 atom stereocenters. The van der Waals surface area contributed by atoms with Gasteiger partial charge in [-0.25, -0.2) is 0 Å². The van der Waals surface area contributed by atoms with E-state index in [0.717, 1.165) is 6.42 Å². The Bertz CT molecular complexity index is 521. The lowest BCUT2D eigenvalue weighted by molar-refractivity contribution is -0.127. The maximum Gasteiger partial charge on any atom is 0.260 e. The first kappa shape index (κ1) is 16.8. The van der Waals surface area contributed by atoms with Gasteiger partial charge in [0.15, 0.2) is 17.6 Å². The number of rotatable bonds is 7. The fraction of sp³-hybridized carbons (Fsp3) is 0.500. The normalized spacial score (nSPS) is 11.6. The van der Waals surface area contributed by atoms with Crippen LogP contribution in [-0.4, -0.2) is 25.7 Å². The number of benzene rings is 1. The molecule has 1 unspecified atom stereocenters. The van der Waals surface area contributed by atoms with Crippen molar-refractivity contribution in [2.75, 3.05) is 13.7 Å². The molecule has 0 saturated heterocycles. The van der Waals surface area contributed by atoms with Gasteiger partial charge in [-0.05, 0) is 31.4 Å². The molecule has 1 amide bonds. The van der Waals surface area contributed by atoms with Crippen molar-refractivity contribution in [3.05, 3.63) is 23.8 Å². The van der Waals surface area contributed by atoms with E-state index < -0.39 is 6.10 Å². The lowest BCUT2D eigenvalue weighted by Gasteiger charge is -2.17. The highest BCUT2D eigenvalue weighted by Gasteiger charge is 2.16. The van der Waals surface area contributed by atoms with Crippen LogP contribution < -0.4 is 14.8 Å². The average molecular weight is 290 g/mol. The lowest BCUT2D eigenvalue weighted by atomic mass is 10.1.